The number of hydrogen-bond acceptors (Lipinski definition) is 8. The number of unbranched alkanes of at least 4 members (excludes halogenated alkanes) is 16. The third kappa shape index (κ3) is 37.5. The highest BCUT2D eigenvalue weighted by Gasteiger charge is 2.25. The quantitative estimate of drug-likeness (QED) is 0.0276. The fourth-order valence-corrected chi connectivity index (χ4v) is 5.98. The Morgan fingerprint density at radius 3 is 1.57 bits per heavy atom. The van der Waals surface area contributed by atoms with Crippen LogP contribution in [0.2, 0.25) is 0 Å². The number of phosphoric acid groups is 1. The first-order valence-electron chi connectivity index (χ1n) is 20.1. The molecule has 0 radical (unpaired) electrons. The molecule has 0 amide bonds. The Hall–Kier alpha value is -2.03. The van der Waals surface area contributed by atoms with Crippen LogP contribution in [0.5, 0.6) is 0 Å². The molecular formula is C41H74NO8P. The predicted molar refractivity (Wildman–Crippen MR) is 210 cm³/mol. The van der Waals surface area contributed by atoms with Crippen LogP contribution in [-0.2, 0) is 32.7 Å². The summed E-state index contributed by atoms with van der Waals surface area (Å²) in [5, 5.41) is 0. The van der Waals surface area contributed by atoms with Crippen molar-refractivity contribution in [3.05, 3.63) is 48.6 Å². The van der Waals surface area contributed by atoms with Crippen LogP contribution < -0.4 is 5.73 Å². The number of carbonyl (C=O) groups excluding carboxylic acids is 2. The molecule has 0 heterocycles. The van der Waals surface area contributed by atoms with Gasteiger partial charge in [0, 0.05) is 19.4 Å². The van der Waals surface area contributed by atoms with Gasteiger partial charge in [-0.1, -0.05) is 152 Å². The van der Waals surface area contributed by atoms with Crippen LogP contribution in [0, 0.1) is 0 Å². The van der Waals surface area contributed by atoms with Gasteiger partial charge in [-0.2, -0.15) is 0 Å². The highest BCUT2D eigenvalue weighted by molar-refractivity contribution is 7.47. The van der Waals surface area contributed by atoms with Crippen LogP contribution in [0.25, 0.3) is 0 Å². The highest BCUT2D eigenvalue weighted by Crippen LogP contribution is 2.43. The van der Waals surface area contributed by atoms with E-state index in [0.29, 0.717) is 12.8 Å². The molecule has 296 valence electrons. The van der Waals surface area contributed by atoms with Gasteiger partial charge >= 0.3 is 19.8 Å². The molecule has 0 saturated carbocycles. The molecular weight excluding hydrogens is 665 g/mol. The minimum absolute atomic E-state index is 0.0442. The van der Waals surface area contributed by atoms with Gasteiger partial charge in [0.2, 0.25) is 0 Å². The first-order valence-corrected chi connectivity index (χ1v) is 21.6. The van der Waals surface area contributed by atoms with Gasteiger partial charge in [-0.25, -0.2) is 4.57 Å². The van der Waals surface area contributed by atoms with Crippen LogP contribution in [-0.4, -0.2) is 49.3 Å². The van der Waals surface area contributed by atoms with Gasteiger partial charge < -0.3 is 20.1 Å². The lowest BCUT2D eigenvalue weighted by molar-refractivity contribution is -0.161. The second kappa shape index (κ2) is 37.7. The van der Waals surface area contributed by atoms with Crippen molar-refractivity contribution < 1.29 is 37.6 Å². The minimum Gasteiger partial charge on any atom is -0.462 e. The van der Waals surface area contributed by atoms with E-state index in [4.69, 9.17) is 24.3 Å². The highest BCUT2D eigenvalue weighted by atomic mass is 31.2. The molecule has 3 N–H and O–H groups in total. The molecule has 10 heteroatoms. The van der Waals surface area contributed by atoms with Gasteiger partial charge in [-0.15, -0.1) is 0 Å². The smallest absolute Gasteiger partial charge is 0.462 e. The van der Waals surface area contributed by atoms with Crippen molar-refractivity contribution in [3.63, 3.8) is 0 Å². The molecule has 0 aromatic heterocycles. The van der Waals surface area contributed by atoms with E-state index in [9.17, 15) is 19.0 Å². The lowest BCUT2D eigenvalue weighted by atomic mass is 10.0. The Kier molecular flexibility index (Phi) is 36.2. The van der Waals surface area contributed by atoms with Crippen molar-refractivity contribution in [1.82, 2.24) is 0 Å². The van der Waals surface area contributed by atoms with Crippen molar-refractivity contribution in [3.8, 4) is 0 Å². The van der Waals surface area contributed by atoms with Crippen molar-refractivity contribution in [2.45, 2.75) is 174 Å². The van der Waals surface area contributed by atoms with Gasteiger partial charge in [0.15, 0.2) is 6.10 Å². The molecule has 9 nitrogen and oxygen atoms in total. The zero-order valence-electron chi connectivity index (χ0n) is 32.3. The monoisotopic (exact) mass is 740 g/mol. The average molecular weight is 740 g/mol. The average Bonchev–Trinajstić information content (AvgIpc) is 3.11. The summed E-state index contributed by atoms with van der Waals surface area (Å²) >= 11 is 0. The molecule has 0 aliphatic carbocycles. The second-order valence-electron chi connectivity index (χ2n) is 13.2. The number of allylic oxidation sites excluding steroid dienone is 8. The first-order chi connectivity index (χ1) is 24.8. The summed E-state index contributed by atoms with van der Waals surface area (Å²) in [6, 6.07) is 0. The summed E-state index contributed by atoms with van der Waals surface area (Å²) in [4.78, 5) is 34.7. The molecule has 0 aliphatic rings. The Morgan fingerprint density at radius 2 is 1.04 bits per heavy atom. The fraction of sp³-hybridized carbons (Fsp3) is 0.756. The van der Waals surface area contributed by atoms with E-state index < -0.39 is 32.5 Å². The molecule has 51 heavy (non-hydrogen) atoms. The van der Waals surface area contributed by atoms with E-state index in [0.717, 1.165) is 38.5 Å². The number of esters is 2. The molecule has 0 rings (SSSR count). The molecule has 0 aliphatic heterocycles. The third-order valence-electron chi connectivity index (χ3n) is 8.22. The number of carbonyl (C=O) groups is 2. The van der Waals surface area contributed by atoms with Gasteiger partial charge in [0.1, 0.15) is 6.61 Å². The molecule has 2 atom stereocenters. The fourth-order valence-electron chi connectivity index (χ4n) is 5.21. The van der Waals surface area contributed by atoms with E-state index >= 15 is 0 Å². The van der Waals surface area contributed by atoms with Crippen LogP contribution in [0.1, 0.15) is 168 Å². The van der Waals surface area contributed by atoms with Crippen molar-refractivity contribution >= 4 is 19.8 Å². The molecule has 2 unspecified atom stereocenters. The van der Waals surface area contributed by atoms with Crippen molar-refractivity contribution in [2.75, 3.05) is 26.4 Å². The summed E-state index contributed by atoms with van der Waals surface area (Å²) < 4.78 is 32.6. The van der Waals surface area contributed by atoms with E-state index in [-0.39, 0.29) is 32.6 Å². The maximum Gasteiger partial charge on any atom is 0.472 e. The van der Waals surface area contributed by atoms with Gasteiger partial charge in [0.05, 0.1) is 13.2 Å². The number of rotatable bonds is 37. The lowest BCUT2D eigenvalue weighted by Gasteiger charge is -2.19. The molecule has 0 aromatic carbocycles. The summed E-state index contributed by atoms with van der Waals surface area (Å²) in [6.07, 6.45) is 41.4. The van der Waals surface area contributed by atoms with Crippen LogP contribution >= 0.6 is 7.82 Å². The number of nitrogens with two attached hydrogens (primary N) is 1. The molecule has 0 fully saturated rings. The van der Waals surface area contributed by atoms with Crippen molar-refractivity contribution in [1.29, 1.82) is 0 Å². The van der Waals surface area contributed by atoms with E-state index in [2.05, 4.69) is 56.4 Å². The molecule has 0 bridgehead atoms. The Morgan fingerprint density at radius 1 is 0.588 bits per heavy atom. The maximum absolute atomic E-state index is 12.5. The summed E-state index contributed by atoms with van der Waals surface area (Å²) in [7, 11) is -4.39. The zero-order chi connectivity index (χ0) is 37.5. The zero-order valence-corrected chi connectivity index (χ0v) is 33.2. The standard InChI is InChI=1S/C41H74NO8P/c1-3-5-7-9-11-13-15-17-18-19-20-22-24-26-28-30-32-34-41(44)50-39(38-49-51(45,46)48-36-35-42)37-47-40(43)33-31-29-27-25-23-21-16-14-12-10-8-6-4-2/h11,13,17-18,20,22,26,28,39H,3-10,12,14-16,19,21,23-25,27,29-38,42H2,1-2H3,(H,45,46)/b13-11-,18-17-,22-20-,28-26-. The van der Waals surface area contributed by atoms with Crippen LogP contribution in [0.3, 0.4) is 0 Å². The molecule has 0 spiro atoms. The second-order valence-corrected chi connectivity index (χ2v) is 14.6. The minimum atomic E-state index is -4.39. The van der Waals surface area contributed by atoms with Crippen LogP contribution in [0.4, 0.5) is 0 Å². The number of phosphoric ester groups is 1. The molecule has 0 aromatic rings. The van der Waals surface area contributed by atoms with Gasteiger partial charge in [-0.05, 0) is 51.4 Å². The SMILES string of the molecule is CCCCC/C=C\C/C=C\C/C=C\C/C=C\CCCC(=O)OC(COC(=O)CCCCCCCCCCCCCCC)COP(=O)(O)OCCN. The maximum atomic E-state index is 12.5. The first kappa shape index (κ1) is 49.0. The number of ether oxygens (including phenoxy) is 2. The Labute approximate surface area is 311 Å². The normalized spacial score (nSPS) is 13.9. The molecule has 0 saturated heterocycles. The van der Waals surface area contributed by atoms with E-state index in [1.165, 1.54) is 89.9 Å². The topological polar surface area (TPSA) is 134 Å². The van der Waals surface area contributed by atoms with Crippen LogP contribution in [0.15, 0.2) is 48.6 Å². The largest absolute Gasteiger partial charge is 0.472 e. The predicted octanol–water partition coefficient (Wildman–Crippen LogP) is 11.2. The van der Waals surface area contributed by atoms with E-state index in [1.54, 1.807) is 0 Å². The van der Waals surface area contributed by atoms with Crippen molar-refractivity contribution in [2.24, 2.45) is 5.73 Å². The summed E-state index contributed by atoms with van der Waals surface area (Å²) in [5.41, 5.74) is 5.33. The van der Waals surface area contributed by atoms with E-state index in [1.807, 2.05) is 6.08 Å². The summed E-state index contributed by atoms with van der Waals surface area (Å²) in [6.45, 7) is 3.63. The van der Waals surface area contributed by atoms with Gasteiger partial charge in [-0.3, -0.25) is 18.6 Å². The Balaban J connectivity index is 4.30. The summed E-state index contributed by atoms with van der Waals surface area (Å²) in [5.74, 6) is -0.895. The third-order valence-corrected chi connectivity index (χ3v) is 9.20. The van der Waals surface area contributed by atoms with Gasteiger partial charge in [0.25, 0.3) is 0 Å². The lowest BCUT2D eigenvalue weighted by Crippen LogP contribution is -2.29. The Bertz CT molecular complexity index is 981. The number of hydrogen-bond donors (Lipinski definition) is 2.